The number of hydrogen-bond acceptors (Lipinski definition) is 5. The Kier molecular flexibility index (Phi) is 4.26. The summed E-state index contributed by atoms with van der Waals surface area (Å²) in [5, 5.41) is 23.9. The van der Waals surface area contributed by atoms with Crippen molar-refractivity contribution in [3.05, 3.63) is 72.8 Å². The number of nitrogens with zero attached hydrogens (tertiary/aromatic N) is 3. The summed E-state index contributed by atoms with van der Waals surface area (Å²) in [7, 11) is 0. The topological polar surface area (TPSA) is 97.5 Å². The average molecular weight is 325 g/mol. The summed E-state index contributed by atoms with van der Waals surface area (Å²) >= 11 is 0. The van der Waals surface area contributed by atoms with Crippen molar-refractivity contribution in [1.82, 2.24) is 14.8 Å². The molecule has 0 saturated heterocycles. The average Bonchev–Trinajstić information content (AvgIpc) is 3.09. The lowest BCUT2D eigenvalue weighted by Gasteiger charge is -2.23. The van der Waals surface area contributed by atoms with Gasteiger partial charge in [-0.1, -0.05) is 30.3 Å². The lowest BCUT2D eigenvalue weighted by atomic mass is 9.94. The van der Waals surface area contributed by atoms with Gasteiger partial charge in [0.1, 0.15) is 24.2 Å². The summed E-state index contributed by atoms with van der Waals surface area (Å²) in [6.45, 7) is -0.249. The van der Waals surface area contributed by atoms with Gasteiger partial charge in [-0.2, -0.15) is 5.10 Å². The number of aliphatic hydroxyl groups is 1. The maximum atomic E-state index is 11.6. The number of aliphatic carboxylic acids is 1. The van der Waals surface area contributed by atoms with Gasteiger partial charge in [0.15, 0.2) is 0 Å². The molecule has 1 aromatic heterocycles. The number of carboxylic acids is 1. The van der Waals surface area contributed by atoms with Crippen LogP contribution in [0.5, 0.6) is 11.5 Å². The van der Waals surface area contributed by atoms with Crippen LogP contribution in [0.3, 0.4) is 0 Å². The predicted molar refractivity (Wildman–Crippen MR) is 84.5 cm³/mol. The third-order valence-electron chi connectivity index (χ3n) is 3.52. The van der Waals surface area contributed by atoms with Crippen molar-refractivity contribution in [1.29, 1.82) is 0 Å². The fraction of sp³-hybridized carbons (Fsp3) is 0.118. The zero-order valence-corrected chi connectivity index (χ0v) is 12.6. The molecule has 7 nitrogen and oxygen atoms in total. The van der Waals surface area contributed by atoms with E-state index in [1.807, 2.05) is 30.3 Å². The van der Waals surface area contributed by atoms with Crippen molar-refractivity contribution in [2.75, 3.05) is 0 Å². The molecule has 0 aliphatic heterocycles. The van der Waals surface area contributed by atoms with Crippen LogP contribution >= 0.6 is 0 Å². The van der Waals surface area contributed by atoms with E-state index in [0.717, 1.165) is 0 Å². The Hall–Kier alpha value is -3.19. The largest absolute Gasteiger partial charge is 0.479 e. The van der Waals surface area contributed by atoms with Crippen LogP contribution in [0, 0.1) is 0 Å². The normalized spacial score (nSPS) is 13.2. The summed E-state index contributed by atoms with van der Waals surface area (Å²) in [6.07, 6.45) is 2.62. The number of carbonyl (C=O) groups is 1. The maximum absolute atomic E-state index is 11.6. The highest BCUT2D eigenvalue weighted by atomic mass is 16.5. The van der Waals surface area contributed by atoms with Crippen molar-refractivity contribution in [3.8, 4) is 11.5 Å². The van der Waals surface area contributed by atoms with E-state index < -0.39 is 11.6 Å². The Bertz CT molecular complexity index is 804. The first-order valence-electron chi connectivity index (χ1n) is 7.19. The van der Waals surface area contributed by atoms with Crippen molar-refractivity contribution in [2.45, 2.75) is 12.1 Å². The molecule has 0 amide bonds. The fourth-order valence-electron chi connectivity index (χ4n) is 2.25. The molecule has 0 bridgehead atoms. The molecule has 0 spiro atoms. The van der Waals surface area contributed by atoms with Crippen LogP contribution in [0.25, 0.3) is 0 Å². The van der Waals surface area contributed by atoms with Gasteiger partial charge in [0.2, 0.25) is 5.60 Å². The Morgan fingerprint density at radius 1 is 1.08 bits per heavy atom. The van der Waals surface area contributed by atoms with Crippen LogP contribution in [-0.2, 0) is 16.9 Å². The molecule has 2 N–H and O–H groups in total. The summed E-state index contributed by atoms with van der Waals surface area (Å²) in [6, 6.07) is 15.5. The molecule has 0 aliphatic carbocycles. The number of para-hydroxylation sites is 1. The van der Waals surface area contributed by atoms with Gasteiger partial charge in [-0.3, -0.25) is 0 Å². The first-order chi connectivity index (χ1) is 11.6. The number of hydrogen-bond donors (Lipinski definition) is 2. The predicted octanol–water partition coefficient (Wildman–Crippen LogP) is 2.04. The summed E-state index contributed by atoms with van der Waals surface area (Å²) in [5.41, 5.74) is -1.88. The summed E-state index contributed by atoms with van der Waals surface area (Å²) in [5.74, 6) is -0.158. The third kappa shape index (κ3) is 3.26. The lowest BCUT2D eigenvalue weighted by molar-refractivity contribution is -0.161. The monoisotopic (exact) mass is 325 g/mol. The molecular weight excluding hydrogens is 310 g/mol. The molecule has 24 heavy (non-hydrogen) atoms. The standard InChI is InChI=1S/C17H15N3O4/c21-16(22)17(23,10-20-12-18-11-19-20)13-6-8-15(9-7-13)24-14-4-2-1-3-5-14/h1-9,11-12,23H,10H2,(H,21,22). The molecule has 2 aromatic carbocycles. The molecular formula is C17H15N3O4. The van der Waals surface area contributed by atoms with Gasteiger partial charge in [0, 0.05) is 0 Å². The molecule has 0 aliphatic rings. The smallest absolute Gasteiger partial charge is 0.342 e. The third-order valence-corrected chi connectivity index (χ3v) is 3.52. The molecule has 1 atom stereocenters. The quantitative estimate of drug-likeness (QED) is 0.720. The summed E-state index contributed by atoms with van der Waals surface area (Å²) < 4.78 is 6.92. The van der Waals surface area contributed by atoms with E-state index in [4.69, 9.17) is 4.74 Å². The fourth-order valence-corrected chi connectivity index (χ4v) is 2.25. The Morgan fingerprint density at radius 3 is 2.33 bits per heavy atom. The highest BCUT2D eigenvalue weighted by Gasteiger charge is 2.39. The second kappa shape index (κ2) is 6.51. The number of rotatable bonds is 6. The van der Waals surface area contributed by atoms with E-state index in [-0.39, 0.29) is 12.1 Å². The minimum atomic E-state index is -2.11. The van der Waals surface area contributed by atoms with Gasteiger partial charge in [-0.15, -0.1) is 0 Å². The summed E-state index contributed by atoms with van der Waals surface area (Å²) in [4.78, 5) is 15.3. The van der Waals surface area contributed by atoms with E-state index >= 15 is 0 Å². The zero-order valence-electron chi connectivity index (χ0n) is 12.6. The molecule has 1 unspecified atom stereocenters. The number of carboxylic acid groups (broad SMARTS) is 1. The van der Waals surface area contributed by atoms with Crippen molar-refractivity contribution in [2.24, 2.45) is 0 Å². The van der Waals surface area contributed by atoms with E-state index in [1.54, 1.807) is 12.1 Å². The first-order valence-corrected chi connectivity index (χ1v) is 7.19. The van der Waals surface area contributed by atoms with Crippen LogP contribution in [0.4, 0.5) is 0 Å². The molecule has 0 saturated carbocycles. The zero-order chi connectivity index (χ0) is 17.0. The van der Waals surface area contributed by atoms with E-state index in [1.165, 1.54) is 29.5 Å². The maximum Gasteiger partial charge on any atom is 0.342 e. The van der Waals surface area contributed by atoms with Crippen LogP contribution in [-0.4, -0.2) is 30.9 Å². The molecule has 0 radical (unpaired) electrons. The van der Waals surface area contributed by atoms with E-state index in [9.17, 15) is 15.0 Å². The first kappa shape index (κ1) is 15.7. The highest BCUT2D eigenvalue weighted by molar-refractivity contribution is 5.79. The van der Waals surface area contributed by atoms with Crippen LogP contribution in [0.15, 0.2) is 67.3 Å². The molecule has 122 valence electrons. The van der Waals surface area contributed by atoms with Crippen LogP contribution < -0.4 is 4.74 Å². The van der Waals surface area contributed by atoms with Crippen LogP contribution in [0.2, 0.25) is 0 Å². The Balaban J connectivity index is 1.83. The highest BCUT2D eigenvalue weighted by Crippen LogP contribution is 2.27. The minimum absolute atomic E-state index is 0.228. The molecule has 3 rings (SSSR count). The SMILES string of the molecule is O=C(O)C(O)(Cn1cncn1)c1ccc(Oc2ccccc2)cc1. The molecule has 3 aromatic rings. The van der Waals surface area contributed by atoms with Gasteiger partial charge >= 0.3 is 5.97 Å². The van der Waals surface area contributed by atoms with Gasteiger partial charge in [-0.05, 0) is 29.8 Å². The Labute approximate surface area is 137 Å². The molecule has 7 heteroatoms. The van der Waals surface area contributed by atoms with Crippen molar-refractivity contribution < 1.29 is 19.7 Å². The van der Waals surface area contributed by atoms with Gasteiger partial charge in [0.25, 0.3) is 0 Å². The number of aromatic nitrogens is 3. The Morgan fingerprint density at radius 2 is 1.75 bits per heavy atom. The molecule has 1 heterocycles. The lowest BCUT2D eigenvalue weighted by Crippen LogP contribution is -2.40. The van der Waals surface area contributed by atoms with Gasteiger partial charge in [0.05, 0.1) is 6.54 Å². The molecule has 0 fully saturated rings. The van der Waals surface area contributed by atoms with Gasteiger partial charge < -0.3 is 14.9 Å². The van der Waals surface area contributed by atoms with E-state index in [2.05, 4.69) is 10.1 Å². The van der Waals surface area contributed by atoms with E-state index in [0.29, 0.717) is 11.5 Å². The minimum Gasteiger partial charge on any atom is -0.479 e. The van der Waals surface area contributed by atoms with Crippen LogP contribution in [0.1, 0.15) is 5.56 Å². The number of benzene rings is 2. The second-order valence-corrected chi connectivity index (χ2v) is 5.20. The van der Waals surface area contributed by atoms with Crippen molar-refractivity contribution >= 4 is 5.97 Å². The second-order valence-electron chi connectivity index (χ2n) is 5.20. The number of ether oxygens (including phenoxy) is 1. The van der Waals surface area contributed by atoms with Gasteiger partial charge in [-0.25, -0.2) is 14.5 Å². The van der Waals surface area contributed by atoms with Crippen molar-refractivity contribution in [3.63, 3.8) is 0 Å².